The van der Waals surface area contributed by atoms with Crippen LogP contribution < -0.4 is 11.3 Å². The predicted octanol–water partition coefficient (Wildman–Crippen LogP) is 3.18. The first kappa shape index (κ1) is 23.0. The van der Waals surface area contributed by atoms with Crippen molar-refractivity contribution in [3.8, 4) is 11.1 Å². The number of nitrogen functional groups attached to an aromatic ring is 1. The molecule has 1 aliphatic rings. The van der Waals surface area contributed by atoms with Crippen molar-refractivity contribution in [1.29, 1.82) is 0 Å². The molecule has 0 saturated carbocycles. The normalized spacial score (nSPS) is 14.5. The first-order valence-electron chi connectivity index (χ1n) is 12.5. The van der Waals surface area contributed by atoms with Crippen molar-refractivity contribution in [2.75, 3.05) is 18.8 Å². The van der Waals surface area contributed by atoms with Gasteiger partial charge in [-0.15, -0.1) is 0 Å². The Bertz CT molecular complexity index is 1950. The minimum Gasteiger partial charge on any atom is -0.383 e. The van der Waals surface area contributed by atoms with Gasteiger partial charge < -0.3 is 10.6 Å². The smallest absolute Gasteiger partial charge is 0.271 e. The summed E-state index contributed by atoms with van der Waals surface area (Å²) in [6.45, 7) is 0.973. The predicted molar refractivity (Wildman–Crippen MR) is 143 cm³/mol. The van der Waals surface area contributed by atoms with Gasteiger partial charge in [-0.2, -0.15) is 14.7 Å². The molecule has 1 amide bonds. The van der Waals surface area contributed by atoms with Crippen molar-refractivity contribution in [2.45, 2.75) is 18.9 Å². The van der Waals surface area contributed by atoms with Crippen LogP contribution in [0.1, 0.15) is 29.4 Å². The summed E-state index contributed by atoms with van der Waals surface area (Å²) in [6, 6.07) is 10.9. The SMILES string of the molecule is Nc1c2ccc(=O)n(C3CCN(C(=O)c4ccn[nH]4)CC3)c2nc2c(-c3cnc4ccc(F)cc4c3)cnn12. The third-order valence-electron chi connectivity index (χ3n) is 7.36. The number of nitrogens with zero attached hydrogens (tertiary/aromatic N) is 7. The number of carbonyl (C=O) groups excluding carboxylic acids is 1. The highest BCUT2D eigenvalue weighted by atomic mass is 19.1. The summed E-state index contributed by atoms with van der Waals surface area (Å²) >= 11 is 0. The van der Waals surface area contributed by atoms with Crippen LogP contribution in [0.4, 0.5) is 10.2 Å². The second kappa shape index (κ2) is 8.72. The van der Waals surface area contributed by atoms with Gasteiger partial charge in [-0.3, -0.25) is 24.2 Å². The zero-order valence-electron chi connectivity index (χ0n) is 20.6. The van der Waals surface area contributed by atoms with Crippen LogP contribution >= 0.6 is 0 Å². The van der Waals surface area contributed by atoms with Gasteiger partial charge in [-0.1, -0.05) is 0 Å². The van der Waals surface area contributed by atoms with Crippen LogP contribution in [0.15, 0.2) is 65.8 Å². The van der Waals surface area contributed by atoms with E-state index in [1.807, 2.05) is 6.07 Å². The number of nitrogens with two attached hydrogens (primary N) is 1. The van der Waals surface area contributed by atoms with Crippen LogP contribution in [0.2, 0.25) is 0 Å². The summed E-state index contributed by atoms with van der Waals surface area (Å²) in [5.41, 5.74) is 9.72. The van der Waals surface area contributed by atoms with E-state index < -0.39 is 0 Å². The van der Waals surface area contributed by atoms with Gasteiger partial charge in [0.05, 0.1) is 17.1 Å². The lowest BCUT2D eigenvalue weighted by Crippen LogP contribution is -2.41. The molecule has 0 atom stereocenters. The largest absolute Gasteiger partial charge is 0.383 e. The Morgan fingerprint density at radius 2 is 1.90 bits per heavy atom. The second-order valence-electron chi connectivity index (χ2n) is 9.62. The number of carbonyl (C=O) groups is 1. The van der Waals surface area contributed by atoms with Gasteiger partial charge in [0, 0.05) is 54.1 Å². The third kappa shape index (κ3) is 3.71. The van der Waals surface area contributed by atoms with E-state index in [9.17, 15) is 14.0 Å². The van der Waals surface area contributed by atoms with Gasteiger partial charge in [-0.05, 0) is 49.2 Å². The minimum atomic E-state index is -0.351. The molecule has 11 nitrogen and oxygen atoms in total. The van der Waals surface area contributed by atoms with E-state index in [-0.39, 0.29) is 23.3 Å². The molecule has 0 spiro atoms. The average Bonchev–Trinajstić information content (AvgIpc) is 3.63. The minimum absolute atomic E-state index is 0.118. The monoisotopic (exact) mass is 523 g/mol. The maximum absolute atomic E-state index is 13.9. The number of halogens is 1. The van der Waals surface area contributed by atoms with Crippen LogP contribution in [-0.4, -0.2) is 58.2 Å². The fourth-order valence-electron chi connectivity index (χ4n) is 5.38. The molecule has 12 heteroatoms. The first-order valence-corrected chi connectivity index (χ1v) is 12.5. The molecule has 5 aromatic heterocycles. The van der Waals surface area contributed by atoms with Gasteiger partial charge in [0.15, 0.2) is 5.65 Å². The Labute approximate surface area is 219 Å². The van der Waals surface area contributed by atoms with E-state index in [1.165, 1.54) is 22.7 Å². The topological polar surface area (TPSA) is 140 Å². The number of amides is 1. The van der Waals surface area contributed by atoms with Gasteiger partial charge in [-0.25, -0.2) is 9.37 Å². The number of pyridine rings is 2. The average molecular weight is 524 g/mol. The quantitative estimate of drug-likeness (QED) is 0.363. The van der Waals surface area contributed by atoms with E-state index in [0.717, 1.165) is 0 Å². The molecule has 6 heterocycles. The molecule has 1 aromatic carbocycles. The zero-order chi connectivity index (χ0) is 26.7. The first-order chi connectivity index (χ1) is 19.0. The molecule has 1 aliphatic heterocycles. The molecule has 0 radical (unpaired) electrons. The fourth-order valence-corrected chi connectivity index (χ4v) is 5.38. The van der Waals surface area contributed by atoms with E-state index in [1.54, 1.807) is 46.3 Å². The molecule has 194 valence electrons. The van der Waals surface area contributed by atoms with E-state index in [4.69, 9.17) is 10.7 Å². The van der Waals surface area contributed by atoms with Crippen LogP contribution in [0.5, 0.6) is 0 Å². The van der Waals surface area contributed by atoms with Crippen molar-refractivity contribution in [2.24, 2.45) is 0 Å². The molecular weight excluding hydrogens is 501 g/mol. The highest BCUT2D eigenvalue weighted by Crippen LogP contribution is 2.31. The van der Waals surface area contributed by atoms with E-state index in [0.29, 0.717) is 76.2 Å². The summed E-state index contributed by atoms with van der Waals surface area (Å²) in [6.07, 6.45) is 6.03. The molecule has 0 aliphatic carbocycles. The molecule has 6 aromatic rings. The molecule has 3 N–H and O–H groups in total. The third-order valence-corrected chi connectivity index (χ3v) is 7.36. The lowest BCUT2D eigenvalue weighted by molar-refractivity contribution is 0.0689. The number of aromatic amines is 1. The summed E-state index contributed by atoms with van der Waals surface area (Å²) in [4.78, 5) is 37.0. The Balaban J connectivity index is 1.31. The number of likely N-dealkylation sites (tertiary alicyclic amines) is 1. The standard InChI is InChI=1S/C27H22FN9O2/c28-17-1-3-21-15(12-17)11-16(13-30-21)20-14-32-37-24(29)19-2-4-23(38)36(25(19)33-26(20)37)18-6-9-35(10-7-18)27(39)22-5-8-31-34-22/h1-5,8,11-14,18H,6-7,9-10,29H2,(H,31,34). The molecule has 1 saturated heterocycles. The molecule has 0 bridgehead atoms. The lowest BCUT2D eigenvalue weighted by Gasteiger charge is -2.33. The summed E-state index contributed by atoms with van der Waals surface area (Å²) < 4.78 is 17.1. The number of hydrogen-bond donors (Lipinski definition) is 2. The number of anilines is 1. The maximum Gasteiger partial charge on any atom is 0.271 e. The molecule has 7 rings (SSSR count). The summed E-state index contributed by atoms with van der Waals surface area (Å²) in [5, 5.41) is 12.3. The molecular formula is C27H22FN9O2. The maximum atomic E-state index is 13.9. The number of aromatic nitrogens is 7. The van der Waals surface area contributed by atoms with Gasteiger partial charge in [0.1, 0.15) is 23.0 Å². The van der Waals surface area contributed by atoms with Gasteiger partial charge in [0.25, 0.3) is 11.5 Å². The number of piperidine rings is 1. The van der Waals surface area contributed by atoms with E-state index >= 15 is 0 Å². The van der Waals surface area contributed by atoms with Crippen LogP contribution in [-0.2, 0) is 0 Å². The van der Waals surface area contributed by atoms with Gasteiger partial charge in [0.2, 0.25) is 0 Å². The summed E-state index contributed by atoms with van der Waals surface area (Å²) in [7, 11) is 0. The van der Waals surface area contributed by atoms with E-state index in [2.05, 4.69) is 20.3 Å². The molecule has 39 heavy (non-hydrogen) atoms. The van der Waals surface area contributed by atoms with Crippen LogP contribution in [0.3, 0.4) is 0 Å². The number of rotatable bonds is 3. The zero-order valence-corrected chi connectivity index (χ0v) is 20.6. The van der Waals surface area contributed by atoms with Crippen LogP contribution in [0, 0.1) is 5.82 Å². The highest BCUT2D eigenvalue weighted by Gasteiger charge is 2.27. The van der Waals surface area contributed by atoms with Crippen molar-refractivity contribution in [3.63, 3.8) is 0 Å². The Morgan fingerprint density at radius 1 is 1.05 bits per heavy atom. The second-order valence-corrected chi connectivity index (χ2v) is 9.62. The van der Waals surface area contributed by atoms with Crippen molar-refractivity contribution in [3.05, 3.63) is 82.9 Å². The number of hydrogen-bond acceptors (Lipinski definition) is 7. The van der Waals surface area contributed by atoms with Crippen molar-refractivity contribution in [1.82, 2.24) is 39.2 Å². The Kier molecular flexibility index (Phi) is 5.15. The van der Waals surface area contributed by atoms with Crippen molar-refractivity contribution < 1.29 is 9.18 Å². The Hall–Kier alpha value is -5.13. The van der Waals surface area contributed by atoms with Crippen molar-refractivity contribution >= 4 is 39.3 Å². The number of fused-ring (bicyclic) bond motifs is 3. The fraction of sp³-hybridized carbons (Fsp3) is 0.185. The number of nitrogens with one attached hydrogen (secondary N) is 1. The summed E-state index contributed by atoms with van der Waals surface area (Å²) in [5.74, 6) is -0.120. The van der Waals surface area contributed by atoms with Gasteiger partial charge >= 0.3 is 0 Å². The molecule has 1 fully saturated rings. The number of H-pyrrole nitrogens is 1. The highest BCUT2D eigenvalue weighted by molar-refractivity contribution is 5.93. The van der Waals surface area contributed by atoms with Crippen LogP contribution in [0.25, 0.3) is 38.7 Å². The molecule has 0 unspecified atom stereocenters. The Morgan fingerprint density at radius 3 is 2.69 bits per heavy atom. The number of benzene rings is 1. The lowest BCUT2D eigenvalue weighted by atomic mass is 10.0.